The zero-order chi connectivity index (χ0) is 13.9. The lowest BCUT2D eigenvalue weighted by Gasteiger charge is -2.20. The quantitative estimate of drug-likeness (QED) is 0.904. The molecule has 1 unspecified atom stereocenters. The summed E-state index contributed by atoms with van der Waals surface area (Å²) in [6.45, 7) is 4.04. The fraction of sp³-hybridized carbons (Fsp3) is 0.769. The van der Waals surface area contributed by atoms with Gasteiger partial charge >= 0.3 is 0 Å². The minimum absolute atomic E-state index is 0.246. The number of rotatable bonds is 4. The molecule has 0 bridgehead atoms. The molecule has 0 saturated carbocycles. The van der Waals surface area contributed by atoms with Crippen molar-refractivity contribution < 1.29 is 5.11 Å². The predicted molar refractivity (Wildman–Crippen MR) is 78.3 cm³/mol. The summed E-state index contributed by atoms with van der Waals surface area (Å²) >= 11 is 6.05. The first-order valence-corrected chi connectivity index (χ1v) is 7.66. The molecule has 20 heavy (non-hydrogen) atoms. The molecule has 2 saturated heterocycles. The first-order chi connectivity index (χ1) is 9.76. The molecule has 0 radical (unpaired) electrons. The van der Waals surface area contributed by atoms with Gasteiger partial charge in [-0.25, -0.2) is 0 Å². The van der Waals surface area contributed by atoms with Crippen LogP contribution in [0.4, 0.5) is 11.9 Å². The summed E-state index contributed by atoms with van der Waals surface area (Å²) in [7, 11) is 0. The Labute approximate surface area is 123 Å². The van der Waals surface area contributed by atoms with E-state index in [-0.39, 0.29) is 11.9 Å². The molecular weight excluding hydrogens is 278 g/mol. The van der Waals surface area contributed by atoms with Crippen LogP contribution in [0, 0.1) is 5.92 Å². The lowest BCUT2D eigenvalue weighted by atomic mass is 10.1. The summed E-state index contributed by atoms with van der Waals surface area (Å²) < 4.78 is 0. The topological polar surface area (TPSA) is 65.4 Å². The Morgan fingerprint density at radius 2 is 1.75 bits per heavy atom. The van der Waals surface area contributed by atoms with E-state index in [4.69, 9.17) is 16.7 Å². The Hall–Kier alpha value is -1.14. The number of aliphatic hydroxyl groups is 1. The van der Waals surface area contributed by atoms with E-state index in [1.807, 2.05) is 0 Å². The molecule has 7 heteroatoms. The maximum atomic E-state index is 9.03. The van der Waals surface area contributed by atoms with Gasteiger partial charge in [-0.1, -0.05) is 0 Å². The first-order valence-electron chi connectivity index (χ1n) is 7.28. The molecule has 2 aliphatic heterocycles. The van der Waals surface area contributed by atoms with Gasteiger partial charge in [0.15, 0.2) is 0 Å². The number of halogens is 1. The Bertz CT molecular complexity index is 466. The molecule has 3 heterocycles. The van der Waals surface area contributed by atoms with Gasteiger partial charge < -0.3 is 14.9 Å². The van der Waals surface area contributed by atoms with E-state index in [0.717, 1.165) is 39.0 Å². The summed E-state index contributed by atoms with van der Waals surface area (Å²) in [5, 5.41) is 9.29. The van der Waals surface area contributed by atoms with Crippen molar-refractivity contribution in [3.05, 3.63) is 5.28 Å². The number of anilines is 2. The third-order valence-corrected chi connectivity index (χ3v) is 4.25. The number of aliphatic hydroxyl groups excluding tert-OH is 1. The Morgan fingerprint density at radius 1 is 1.05 bits per heavy atom. The van der Waals surface area contributed by atoms with Crippen LogP contribution in [-0.2, 0) is 0 Å². The molecule has 0 aliphatic carbocycles. The van der Waals surface area contributed by atoms with Gasteiger partial charge in [0.05, 0.1) is 0 Å². The van der Waals surface area contributed by atoms with Gasteiger partial charge in [-0.3, -0.25) is 0 Å². The molecule has 3 rings (SSSR count). The zero-order valence-corrected chi connectivity index (χ0v) is 12.3. The van der Waals surface area contributed by atoms with Crippen molar-refractivity contribution in [1.82, 2.24) is 15.0 Å². The monoisotopic (exact) mass is 297 g/mol. The lowest BCUT2D eigenvalue weighted by Crippen LogP contribution is -2.26. The largest absolute Gasteiger partial charge is 0.396 e. The van der Waals surface area contributed by atoms with Crippen molar-refractivity contribution in [2.45, 2.75) is 25.7 Å². The smallest absolute Gasteiger partial charge is 0.231 e. The van der Waals surface area contributed by atoms with E-state index < -0.39 is 0 Å². The van der Waals surface area contributed by atoms with Crippen molar-refractivity contribution in [2.75, 3.05) is 42.6 Å². The first kappa shape index (κ1) is 13.8. The lowest BCUT2D eigenvalue weighted by molar-refractivity contribution is 0.263. The highest BCUT2D eigenvalue weighted by molar-refractivity contribution is 6.28. The number of hydrogen-bond acceptors (Lipinski definition) is 6. The maximum absolute atomic E-state index is 9.03. The average molecular weight is 298 g/mol. The summed E-state index contributed by atoms with van der Waals surface area (Å²) in [4.78, 5) is 17.4. The minimum Gasteiger partial charge on any atom is -0.396 e. The van der Waals surface area contributed by atoms with Gasteiger partial charge in [-0.05, 0) is 43.2 Å². The van der Waals surface area contributed by atoms with Crippen LogP contribution in [0.25, 0.3) is 0 Å². The molecule has 2 aliphatic rings. The van der Waals surface area contributed by atoms with Gasteiger partial charge in [0, 0.05) is 32.8 Å². The maximum Gasteiger partial charge on any atom is 0.231 e. The van der Waals surface area contributed by atoms with Crippen LogP contribution >= 0.6 is 11.6 Å². The molecular formula is C13H20ClN5O. The van der Waals surface area contributed by atoms with E-state index in [1.54, 1.807) is 0 Å². The summed E-state index contributed by atoms with van der Waals surface area (Å²) in [5.41, 5.74) is 0. The summed E-state index contributed by atoms with van der Waals surface area (Å²) in [6, 6.07) is 0. The highest BCUT2D eigenvalue weighted by Crippen LogP contribution is 2.25. The van der Waals surface area contributed by atoms with E-state index in [9.17, 15) is 0 Å². The normalized spacial score (nSPS) is 22.8. The molecule has 1 atom stereocenters. The van der Waals surface area contributed by atoms with Gasteiger partial charge in [-0.2, -0.15) is 15.0 Å². The van der Waals surface area contributed by atoms with Crippen LogP contribution < -0.4 is 9.80 Å². The predicted octanol–water partition coefficient (Wildman–Crippen LogP) is 1.33. The fourth-order valence-electron chi connectivity index (χ4n) is 2.96. The summed E-state index contributed by atoms with van der Waals surface area (Å²) in [5.74, 6) is 1.89. The van der Waals surface area contributed by atoms with Gasteiger partial charge in [0.1, 0.15) is 0 Å². The Balaban J connectivity index is 1.76. The van der Waals surface area contributed by atoms with Gasteiger partial charge in [0.25, 0.3) is 0 Å². The molecule has 1 aromatic heterocycles. The Morgan fingerprint density at radius 3 is 2.45 bits per heavy atom. The molecule has 2 fully saturated rings. The van der Waals surface area contributed by atoms with Crippen LogP contribution in [0.2, 0.25) is 5.28 Å². The SMILES string of the molecule is OCCC1CCN(c2nc(Cl)nc(N3CCCC3)n2)C1. The van der Waals surface area contributed by atoms with Gasteiger partial charge in [0.2, 0.25) is 17.2 Å². The third kappa shape index (κ3) is 2.96. The van der Waals surface area contributed by atoms with E-state index in [1.165, 1.54) is 12.8 Å². The zero-order valence-electron chi connectivity index (χ0n) is 11.5. The highest BCUT2D eigenvalue weighted by Gasteiger charge is 2.26. The fourth-order valence-corrected chi connectivity index (χ4v) is 3.11. The van der Waals surface area contributed by atoms with E-state index in [0.29, 0.717) is 17.8 Å². The van der Waals surface area contributed by atoms with E-state index >= 15 is 0 Å². The summed E-state index contributed by atoms with van der Waals surface area (Å²) in [6.07, 6.45) is 4.28. The molecule has 0 amide bonds. The standard InChI is InChI=1S/C13H20ClN5O/c14-11-15-12(18-5-1-2-6-18)17-13(16-11)19-7-3-10(9-19)4-8-20/h10,20H,1-9H2. The van der Waals surface area contributed by atoms with Crippen molar-refractivity contribution in [3.63, 3.8) is 0 Å². The average Bonchev–Trinajstić information content (AvgIpc) is 3.09. The molecule has 1 N–H and O–H groups in total. The van der Waals surface area contributed by atoms with Crippen LogP contribution in [0.5, 0.6) is 0 Å². The molecule has 6 nitrogen and oxygen atoms in total. The second-order valence-corrected chi connectivity index (χ2v) is 5.85. The van der Waals surface area contributed by atoms with E-state index in [2.05, 4.69) is 24.8 Å². The van der Waals surface area contributed by atoms with Crippen molar-refractivity contribution >= 4 is 23.5 Å². The highest BCUT2D eigenvalue weighted by atomic mass is 35.5. The number of aromatic nitrogens is 3. The molecule has 0 spiro atoms. The Kier molecular flexibility index (Phi) is 4.21. The van der Waals surface area contributed by atoms with Crippen LogP contribution in [-0.4, -0.2) is 52.8 Å². The molecule has 1 aromatic rings. The second kappa shape index (κ2) is 6.10. The molecule has 0 aromatic carbocycles. The van der Waals surface area contributed by atoms with Crippen molar-refractivity contribution in [2.24, 2.45) is 5.92 Å². The third-order valence-electron chi connectivity index (χ3n) is 4.08. The van der Waals surface area contributed by atoms with Crippen LogP contribution in [0.15, 0.2) is 0 Å². The second-order valence-electron chi connectivity index (χ2n) is 5.51. The van der Waals surface area contributed by atoms with Gasteiger partial charge in [-0.15, -0.1) is 0 Å². The number of nitrogens with zero attached hydrogens (tertiary/aromatic N) is 5. The van der Waals surface area contributed by atoms with Crippen LogP contribution in [0.3, 0.4) is 0 Å². The minimum atomic E-state index is 0.246. The van der Waals surface area contributed by atoms with Crippen molar-refractivity contribution in [3.8, 4) is 0 Å². The van der Waals surface area contributed by atoms with Crippen LogP contribution in [0.1, 0.15) is 25.7 Å². The number of hydrogen-bond donors (Lipinski definition) is 1. The van der Waals surface area contributed by atoms with Crippen molar-refractivity contribution in [1.29, 1.82) is 0 Å². The molecule has 110 valence electrons.